The van der Waals surface area contributed by atoms with E-state index in [0.717, 1.165) is 21.1 Å². The Morgan fingerprint density at radius 1 is 1.00 bits per heavy atom. The Bertz CT molecular complexity index is 1210. The van der Waals surface area contributed by atoms with Gasteiger partial charge in [-0.25, -0.2) is 4.98 Å². The highest BCUT2D eigenvalue weighted by molar-refractivity contribution is 7.12. The van der Waals surface area contributed by atoms with Gasteiger partial charge in [0.15, 0.2) is 17.3 Å². The number of aryl methyl sites for hydroxylation is 2. The normalized spacial score (nSPS) is 15.9. The molecule has 0 unspecified atom stereocenters. The number of hydrogen-bond acceptors (Lipinski definition) is 6. The number of hydrogen-bond donors (Lipinski definition) is 0. The molecule has 0 radical (unpaired) electrons. The fraction of sp³-hybridized carbons (Fsp3) is 0.370. The molecule has 0 aliphatic carbocycles. The highest BCUT2D eigenvalue weighted by atomic mass is 32.1. The van der Waals surface area contributed by atoms with Gasteiger partial charge in [0.25, 0.3) is 0 Å². The van der Waals surface area contributed by atoms with Gasteiger partial charge in [0, 0.05) is 35.0 Å². The van der Waals surface area contributed by atoms with Crippen LogP contribution in [0.1, 0.15) is 38.6 Å². The summed E-state index contributed by atoms with van der Waals surface area (Å²) in [5.74, 6) is 1.45. The lowest BCUT2D eigenvalue weighted by atomic mass is 9.88. The van der Waals surface area contributed by atoms with Crippen LogP contribution in [0.3, 0.4) is 0 Å². The molecule has 5 rings (SSSR count). The Hall–Kier alpha value is -3.19. The van der Waals surface area contributed by atoms with E-state index in [1.54, 1.807) is 17.4 Å². The highest BCUT2D eigenvalue weighted by Crippen LogP contribution is 2.33. The lowest BCUT2D eigenvalue weighted by molar-refractivity contribution is -0.131. The second-order valence-electron chi connectivity index (χ2n) is 8.93. The second-order valence-corrected chi connectivity index (χ2v) is 10.2. The molecule has 34 heavy (non-hydrogen) atoms. The number of thiazole rings is 1. The SMILES string of the molecule is Cc1ccc(-c2nc(C)sc2CC(=O)N2CCC(C(=O)c3ccc4c(c3)OCCO4)CC2)cc1. The summed E-state index contributed by atoms with van der Waals surface area (Å²) >= 11 is 1.58. The average molecular weight is 477 g/mol. The lowest BCUT2D eigenvalue weighted by Gasteiger charge is -2.31. The Morgan fingerprint density at radius 2 is 1.71 bits per heavy atom. The van der Waals surface area contributed by atoms with Crippen molar-refractivity contribution in [3.8, 4) is 22.8 Å². The van der Waals surface area contributed by atoms with Gasteiger partial charge in [0.2, 0.25) is 5.91 Å². The van der Waals surface area contributed by atoms with Crippen molar-refractivity contribution in [3.63, 3.8) is 0 Å². The van der Waals surface area contributed by atoms with Gasteiger partial charge in [-0.15, -0.1) is 11.3 Å². The smallest absolute Gasteiger partial charge is 0.227 e. The van der Waals surface area contributed by atoms with E-state index in [4.69, 9.17) is 14.5 Å². The van der Waals surface area contributed by atoms with Crippen LogP contribution < -0.4 is 9.47 Å². The number of carbonyl (C=O) groups is 2. The van der Waals surface area contributed by atoms with Crippen LogP contribution in [0.2, 0.25) is 0 Å². The molecule has 6 nitrogen and oxygen atoms in total. The van der Waals surface area contributed by atoms with Crippen molar-refractivity contribution in [1.82, 2.24) is 9.88 Å². The van der Waals surface area contributed by atoms with Crippen LogP contribution >= 0.6 is 11.3 Å². The Balaban J connectivity index is 1.21. The molecular formula is C27H28N2O4S. The first-order valence-corrected chi connectivity index (χ1v) is 12.5. The van der Waals surface area contributed by atoms with E-state index in [1.165, 1.54) is 5.56 Å². The number of likely N-dealkylation sites (tertiary alicyclic amines) is 1. The van der Waals surface area contributed by atoms with Crippen molar-refractivity contribution < 1.29 is 19.1 Å². The van der Waals surface area contributed by atoms with Gasteiger partial charge in [-0.3, -0.25) is 9.59 Å². The molecule has 2 aromatic carbocycles. The summed E-state index contributed by atoms with van der Waals surface area (Å²) in [6.07, 6.45) is 1.69. The molecule has 0 saturated carbocycles. The quantitative estimate of drug-likeness (QED) is 0.492. The monoisotopic (exact) mass is 476 g/mol. The molecule has 1 aromatic heterocycles. The summed E-state index contributed by atoms with van der Waals surface area (Å²) in [6.45, 7) is 6.25. The summed E-state index contributed by atoms with van der Waals surface area (Å²) in [5, 5.41) is 0.960. The highest BCUT2D eigenvalue weighted by Gasteiger charge is 2.29. The van der Waals surface area contributed by atoms with Crippen LogP contribution in [0, 0.1) is 19.8 Å². The molecule has 176 valence electrons. The molecule has 0 atom stereocenters. The summed E-state index contributed by atoms with van der Waals surface area (Å²) in [7, 11) is 0. The third kappa shape index (κ3) is 4.71. The van der Waals surface area contributed by atoms with E-state index in [-0.39, 0.29) is 17.6 Å². The van der Waals surface area contributed by atoms with E-state index < -0.39 is 0 Å². The maximum Gasteiger partial charge on any atom is 0.227 e. The minimum absolute atomic E-state index is 0.0830. The number of amides is 1. The third-order valence-corrected chi connectivity index (χ3v) is 7.46. The zero-order valence-electron chi connectivity index (χ0n) is 19.5. The van der Waals surface area contributed by atoms with E-state index in [9.17, 15) is 9.59 Å². The van der Waals surface area contributed by atoms with Crippen LogP contribution in [0.5, 0.6) is 11.5 Å². The van der Waals surface area contributed by atoms with Crippen LogP contribution in [0.4, 0.5) is 0 Å². The van der Waals surface area contributed by atoms with Crippen LogP contribution in [-0.4, -0.2) is 47.9 Å². The van der Waals surface area contributed by atoms with Crippen molar-refractivity contribution in [2.75, 3.05) is 26.3 Å². The molecule has 0 spiro atoms. The molecule has 3 heterocycles. The predicted octanol–water partition coefficient (Wildman–Crippen LogP) is 4.86. The molecule has 0 bridgehead atoms. The zero-order chi connectivity index (χ0) is 23.7. The number of aromatic nitrogens is 1. The number of fused-ring (bicyclic) bond motifs is 1. The lowest BCUT2D eigenvalue weighted by Crippen LogP contribution is -2.41. The van der Waals surface area contributed by atoms with Gasteiger partial charge in [-0.2, -0.15) is 0 Å². The Labute approximate surface area is 203 Å². The summed E-state index contributed by atoms with van der Waals surface area (Å²) in [4.78, 5) is 33.8. The molecule has 2 aliphatic rings. The van der Waals surface area contributed by atoms with Gasteiger partial charge in [0.1, 0.15) is 13.2 Å². The minimum atomic E-state index is -0.0830. The Morgan fingerprint density at radius 3 is 2.44 bits per heavy atom. The predicted molar refractivity (Wildman–Crippen MR) is 132 cm³/mol. The first-order valence-electron chi connectivity index (χ1n) is 11.7. The number of ether oxygens (including phenoxy) is 2. The molecule has 0 N–H and O–H groups in total. The molecule has 1 saturated heterocycles. The second kappa shape index (κ2) is 9.58. The average Bonchev–Trinajstić information content (AvgIpc) is 3.23. The maximum atomic E-state index is 13.1. The van der Waals surface area contributed by atoms with Crippen LogP contribution in [0.25, 0.3) is 11.3 Å². The number of Topliss-reactive ketones (excluding diaryl/α,β-unsaturated/α-hetero) is 1. The zero-order valence-corrected chi connectivity index (χ0v) is 20.3. The fourth-order valence-electron chi connectivity index (χ4n) is 4.60. The summed E-state index contributed by atoms with van der Waals surface area (Å²) in [6, 6.07) is 13.7. The Kier molecular flexibility index (Phi) is 6.37. The van der Waals surface area contributed by atoms with Gasteiger partial charge >= 0.3 is 0 Å². The number of piperidine rings is 1. The summed E-state index contributed by atoms with van der Waals surface area (Å²) < 4.78 is 11.2. The van der Waals surface area contributed by atoms with Gasteiger partial charge in [0.05, 0.1) is 17.1 Å². The standard InChI is InChI=1S/C27H28N2O4S/c1-17-3-5-19(6-4-17)26-24(34-18(2)28-26)16-25(30)29-11-9-20(10-12-29)27(31)21-7-8-22-23(15-21)33-14-13-32-22/h3-8,15,20H,9-14,16H2,1-2H3. The van der Waals surface area contributed by atoms with Crippen molar-refractivity contribution in [1.29, 1.82) is 0 Å². The number of rotatable bonds is 5. The van der Waals surface area contributed by atoms with Gasteiger partial charge in [-0.1, -0.05) is 29.8 Å². The molecule has 1 amide bonds. The molecule has 7 heteroatoms. The molecule has 1 fully saturated rings. The van der Waals surface area contributed by atoms with Crippen molar-refractivity contribution in [2.24, 2.45) is 5.92 Å². The first kappa shape index (κ1) is 22.6. The fourth-order valence-corrected chi connectivity index (χ4v) is 5.55. The van der Waals surface area contributed by atoms with E-state index in [1.807, 2.05) is 24.0 Å². The van der Waals surface area contributed by atoms with Gasteiger partial charge in [-0.05, 0) is 44.9 Å². The topological polar surface area (TPSA) is 68.7 Å². The van der Waals surface area contributed by atoms with Crippen molar-refractivity contribution >= 4 is 23.0 Å². The number of ketones is 1. The maximum absolute atomic E-state index is 13.1. The number of benzene rings is 2. The first-order chi connectivity index (χ1) is 16.5. The molecular weight excluding hydrogens is 448 g/mol. The van der Waals surface area contributed by atoms with Crippen LogP contribution in [0.15, 0.2) is 42.5 Å². The molecule has 3 aromatic rings. The summed E-state index contributed by atoms with van der Waals surface area (Å²) in [5.41, 5.74) is 3.79. The largest absolute Gasteiger partial charge is 0.486 e. The number of carbonyl (C=O) groups excluding carboxylic acids is 2. The van der Waals surface area contributed by atoms with E-state index in [0.29, 0.717) is 62.6 Å². The van der Waals surface area contributed by atoms with Crippen molar-refractivity contribution in [2.45, 2.75) is 33.1 Å². The minimum Gasteiger partial charge on any atom is -0.486 e. The third-order valence-electron chi connectivity index (χ3n) is 6.49. The number of nitrogens with zero attached hydrogens (tertiary/aromatic N) is 2. The molecule has 2 aliphatic heterocycles. The van der Waals surface area contributed by atoms with Crippen LogP contribution in [-0.2, 0) is 11.2 Å². The van der Waals surface area contributed by atoms with E-state index >= 15 is 0 Å². The van der Waals surface area contributed by atoms with Crippen molar-refractivity contribution in [3.05, 3.63) is 63.5 Å². The van der Waals surface area contributed by atoms with Gasteiger partial charge < -0.3 is 14.4 Å². The van der Waals surface area contributed by atoms with E-state index in [2.05, 4.69) is 31.2 Å².